The molecular formula is C68H127NO8. The van der Waals surface area contributed by atoms with Gasteiger partial charge in [-0.2, -0.15) is 0 Å². The lowest BCUT2D eigenvalue weighted by atomic mass is 9.99. The quantitative estimate of drug-likeness (QED) is 0.0261. The summed E-state index contributed by atoms with van der Waals surface area (Å²) in [5.74, 6) is -0.140. The minimum absolute atomic E-state index is 0.136. The van der Waals surface area contributed by atoms with Gasteiger partial charge in [0.25, 0.3) is 0 Å². The number of amides is 1. The third-order valence-corrected chi connectivity index (χ3v) is 15.9. The lowest BCUT2D eigenvalue weighted by molar-refractivity contribution is -0.302. The molecule has 1 fully saturated rings. The smallest absolute Gasteiger partial charge is 0.220 e. The van der Waals surface area contributed by atoms with E-state index in [1.165, 1.54) is 231 Å². The maximum Gasteiger partial charge on any atom is 0.220 e. The zero-order valence-corrected chi connectivity index (χ0v) is 50.5. The summed E-state index contributed by atoms with van der Waals surface area (Å²) in [6, 6.07) is -0.721. The fourth-order valence-corrected chi connectivity index (χ4v) is 10.7. The summed E-state index contributed by atoms with van der Waals surface area (Å²) in [5, 5.41) is 54.9. The summed E-state index contributed by atoms with van der Waals surface area (Å²) < 4.78 is 11.4. The standard InChI is InChI=1S/C68H127NO8/c1-3-5-7-9-11-13-15-17-19-21-23-25-27-29-30-31-32-34-36-38-40-42-44-46-48-50-52-54-56-58-64(72)69-61(60-76-68-67(75)66(74)65(73)63(59-70)77-68)62(71)57-55-53-51-49-47-45-43-41-39-37-35-33-28-26-24-22-20-18-16-14-12-10-8-6-4-2/h5,7,11,13,17,19,23,25,61-63,65-68,70-71,73-75H,3-4,6,8-10,12,14-16,18,20-22,24,26-60H2,1-2H3,(H,69,72)/b7-5-,13-11-,19-17-,25-23-. The summed E-state index contributed by atoms with van der Waals surface area (Å²) in [6.07, 6.45) is 70.2. The van der Waals surface area contributed by atoms with Crippen molar-refractivity contribution >= 4 is 5.91 Å². The summed E-state index contributed by atoms with van der Waals surface area (Å²) in [6.45, 7) is 3.77. The highest BCUT2D eigenvalue weighted by Crippen LogP contribution is 2.24. The molecule has 0 bridgehead atoms. The maximum atomic E-state index is 13.1. The number of carbonyl (C=O) groups excluding carboxylic acids is 1. The minimum atomic E-state index is -1.55. The largest absolute Gasteiger partial charge is 0.394 e. The molecule has 1 aliphatic heterocycles. The van der Waals surface area contributed by atoms with Crippen molar-refractivity contribution in [1.29, 1.82) is 0 Å². The van der Waals surface area contributed by atoms with Crippen LogP contribution in [0, 0.1) is 0 Å². The SMILES string of the molecule is CC/C=C\C/C=C\C/C=C\C/C=C\CCCCCCCCCCCCCCCCCCC(=O)NC(COC1OC(CO)C(O)C(O)C1O)C(O)CCCCCCCCCCCCCCCCCCCCCCCCCCC. The van der Waals surface area contributed by atoms with E-state index in [2.05, 4.69) is 67.8 Å². The van der Waals surface area contributed by atoms with Crippen molar-refractivity contribution in [3.05, 3.63) is 48.6 Å². The molecule has 6 N–H and O–H groups in total. The second-order valence-electron chi connectivity index (χ2n) is 23.2. The zero-order chi connectivity index (χ0) is 55.8. The van der Waals surface area contributed by atoms with Crippen molar-refractivity contribution in [2.45, 2.75) is 365 Å². The molecule has 1 amide bonds. The van der Waals surface area contributed by atoms with Crippen LogP contribution in [0.3, 0.4) is 0 Å². The molecule has 7 unspecified atom stereocenters. The van der Waals surface area contributed by atoms with E-state index in [1.54, 1.807) is 0 Å². The van der Waals surface area contributed by atoms with Gasteiger partial charge in [-0.25, -0.2) is 0 Å². The topological polar surface area (TPSA) is 149 Å². The van der Waals surface area contributed by atoms with Gasteiger partial charge < -0.3 is 40.3 Å². The fourth-order valence-electron chi connectivity index (χ4n) is 10.7. The van der Waals surface area contributed by atoms with Crippen LogP contribution in [0.15, 0.2) is 48.6 Å². The van der Waals surface area contributed by atoms with Crippen LogP contribution in [0.25, 0.3) is 0 Å². The first-order valence-electron chi connectivity index (χ1n) is 33.3. The van der Waals surface area contributed by atoms with E-state index < -0.39 is 49.5 Å². The van der Waals surface area contributed by atoms with Crippen LogP contribution in [0.4, 0.5) is 0 Å². The predicted molar refractivity (Wildman–Crippen MR) is 327 cm³/mol. The number of allylic oxidation sites excluding steroid dienone is 8. The zero-order valence-electron chi connectivity index (χ0n) is 50.5. The Morgan fingerprint density at radius 1 is 0.455 bits per heavy atom. The van der Waals surface area contributed by atoms with Gasteiger partial charge in [0.1, 0.15) is 24.4 Å². The van der Waals surface area contributed by atoms with Gasteiger partial charge >= 0.3 is 0 Å². The maximum absolute atomic E-state index is 13.1. The Labute approximate surface area is 475 Å². The van der Waals surface area contributed by atoms with Crippen LogP contribution in [0.5, 0.6) is 0 Å². The lowest BCUT2D eigenvalue weighted by Gasteiger charge is -2.40. The number of ether oxygens (including phenoxy) is 2. The number of unbranched alkanes of at least 4 members (excludes halogenated alkanes) is 40. The second kappa shape index (κ2) is 57.4. The van der Waals surface area contributed by atoms with Gasteiger partial charge in [-0.3, -0.25) is 4.79 Å². The van der Waals surface area contributed by atoms with Crippen LogP contribution in [-0.4, -0.2) is 87.5 Å². The number of aliphatic hydroxyl groups is 5. The number of nitrogens with one attached hydrogen (secondary N) is 1. The summed E-state index contributed by atoms with van der Waals surface area (Å²) in [5.41, 5.74) is 0. The first kappa shape index (κ1) is 73.2. The van der Waals surface area contributed by atoms with Gasteiger partial charge in [-0.05, 0) is 51.4 Å². The molecule has 1 aliphatic rings. The molecule has 77 heavy (non-hydrogen) atoms. The highest BCUT2D eigenvalue weighted by molar-refractivity contribution is 5.76. The van der Waals surface area contributed by atoms with E-state index >= 15 is 0 Å². The van der Waals surface area contributed by atoms with Gasteiger partial charge in [0.2, 0.25) is 5.91 Å². The van der Waals surface area contributed by atoms with Crippen LogP contribution < -0.4 is 5.32 Å². The van der Waals surface area contributed by atoms with E-state index in [4.69, 9.17) is 9.47 Å². The third kappa shape index (κ3) is 46.5. The average molecular weight is 1090 g/mol. The number of rotatable bonds is 58. The normalized spacial score (nSPS) is 19.0. The molecule has 0 aliphatic carbocycles. The Hall–Kier alpha value is -1.85. The molecule has 0 radical (unpaired) electrons. The number of hydrogen-bond donors (Lipinski definition) is 6. The van der Waals surface area contributed by atoms with Gasteiger partial charge in [-0.15, -0.1) is 0 Å². The number of carbonyl (C=O) groups is 1. The van der Waals surface area contributed by atoms with E-state index in [-0.39, 0.29) is 12.5 Å². The van der Waals surface area contributed by atoms with Gasteiger partial charge in [0, 0.05) is 6.42 Å². The molecule has 1 heterocycles. The molecular weight excluding hydrogens is 959 g/mol. The number of aliphatic hydroxyl groups excluding tert-OH is 5. The van der Waals surface area contributed by atoms with Gasteiger partial charge in [0.15, 0.2) is 6.29 Å². The van der Waals surface area contributed by atoms with Crippen molar-refractivity contribution < 1.29 is 39.8 Å². The van der Waals surface area contributed by atoms with Crippen molar-refractivity contribution in [3.8, 4) is 0 Å². The fraction of sp³-hybridized carbons (Fsp3) is 0.868. The van der Waals surface area contributed by atoms with Crippen molar-refractivity contribution in [1.82, 2.24) is 5.32 Å². The highest BCUT2D eigenvalue weighted by Gasteiger charge is 2.44. The summed E-state index contributed by atoms with van der Waals surface area (Å²) >= 11 is 0. The Morgan fingerprint density at radius 3 is 1.19 bits per heavy atom. The Bertz CT molecular complexity index is 1350. The van der Waals surface area contributed by atoms with E-state index in [0.29, 0.717) is 12.8 Å². The van der Waals surface area contributed by atoms with Crippen LogP contribution in [-0.2, 0) is 14.3 Å². The van der Waals surface area contributed by atoms with Crippen molar-refractivity contribution in [3.63, 3.8) is 0 Å². The molecule has 9 nitrogen and oxygen atoms in total. The minimum Gasteiger partial charge on any atom is -0.394 e. The Kier molecular flexibility index (Phi) is 54.5. The van der Waals surface area contributed by atoms with Crippen LogP contribution in [0.1, 0.15) is 322 Å². The third-order valence-electron chi connectivity index (χ3n) is 15.9. The summed E-state index contributed by atoms with van der Waals surface area (Å²) in [4.78, 5) is 13.1. The molecule has 452 valence electrons. The van der Waals surface area contributed by atoms with Crippen LogP contribution >= 0.6 is 0 Å². The Balaban J connectivity index is 2.13. The molecule has 1 saturated heterocycles. The van der Waals surface area contributed by atoms with Gasteiger partial charge in [0.05, 0.1) is 25.4 Å². The van der Waals surface area contributed by atoms with Crippen molar-refractivity contribution in [2.75, 3.05) is 13.2 Å². The Morgan fingerprint density at radius 2 is 0.805 bits per heavy atom. The molecule has 0 saturated carbocycles. The predicted octanol–water partition coefficient (Wildman–Crippen LogP) is 17.6. The van der Waals surface area contributed by atoms with Crippen LogP contribution in [0.2, 0.25) is 0 Å². The molecule has 0 aromatic rings. The monoisotopic (exact) mass is 1090 g/mol. The van der Waals surface area contributed by atoms with E-state index in [1.807, 2.05) is 0 Å². The molecule has 0 aromatic carbocycles. The van der Waals surface area contributed by atoms with Gasteiger partial charge in [-0.1, -0.05) is 313 Å². The molecule has 0 aromatic heterocycles. The first-order valence-corrected chi connectivity index (χ1v) is 33.3. The highest BCUT2D eigenvalue weighted by atomic mass is 16.7. The van der Waals surface area contributed by atoms with E-state index in [9.17, 15) is 30.3 Å². The second-order valence-corrected chi connectivity index (χ2v) is 23.2. The average Bonchev–Trinajstić information content (AvgIpc) is 3.43. The molecule has 9 heteroatoms. The molecule has 7 atom stereocenters. The van der Waals surface area contributed by atoms with E-state index in [0.717, 1.165) is 64.2 Å². The summed E-state index contributed by atoms with van der Waals surface area (Å²) in [7, 11) is 0. The van der Waals surface area contributed by atoms with Crippen molar-refractivity contribution in [2.24, 2.45) is 0 Å². The first-order chi connectivity index (χ1) is 37.8. The lowest BCUT2D eigenvalue weighted by Crippen LogP contribution is -2.60. The number of hydrogen-bond acceptors (Lipinski definition) is 8. The molecule has 1 rings (SSSR count). The molecule has 0 spiro atoms.